The third-order valence-corrected chi connectivity index (χ3v) is 4.27. The Balaban J connectivity index is 0. The molecule has 0 bridgehead atoms. The first-order valence-corrected chi connectivity index (χ1v) is 8.55. The van der Waals surface area contributed by atoms with E-state index in [2.05, 4.69) is 37.6 Å². The second-order valence-corrected chi connectivity index (χ2v) is 6.45. The van der Waals surface area contributed by atoms with Crippen LogP contribution in [-0.4, -0.2) is 53.4 Å². The number of nitrogens with two attached hydrogens (primary N) is 1. The molecule has 0 saturated heterocycles. The van der Waals surface area contributed by atoms with Gasteiger partial charge in [-0.3, -0.25) is 4.79 Å². The Bertz CT molecular complexity index is 439. The highest BCUT2D eigenvalue weighted by atomic mass is 35.5. The molecule has 0 atom stereocenters. The van der Waals surface area contributed by atoms with Crippen molar-refractivity contribution in [3.05, 3.63) is 16.1 Å². The van der Waals surface area contributed by atoms with Crippen molar-refractivity contribution in [1.29, 1.82) is 0 Å². The van der Waals surface area contributed by atoms with Gasteiger partial charge in [0, 0.05) is 31.6 Å². The van der Waals surface area contributed by atoms with Crippen molar-refractivity contribution in [3.63, 3.8) is 0 Å². The van der Waals surface area contributed by atoms with Gasteiger partial charge in [0.15, 0.2) is 0 Å². The third-order valence-electron chi connectivity index (χ3n) is 3.40. The fourth-order valence-electron chi connectivity index (χ4n) is 2.18. The number of rotatable bonds is 9. The smallest absolute Gasteiger partial charge is 0.273 e. The number of likely N-dealkylation sites (N-methyl/N-ethyl adjacent to an activating group) is 1. The van der Waals surface area contributed by atoms with Gasteiger partial charge >= 0.3 is 0 Å². The van der Waals surface area contributed by atoms with E-state index < -0.39 is 0 Å². The Morgan fingerprint density at radius 1 is 1.26 bits per heavy atom. The molecule has 0 saturated carbocycles. The maximum Gasteiger partial charge on any atom is 0.273 e. The second kappa shape index (κ2) is 13.0. The highest BCUT2D eigenvalue weighted by Crippen LogP contribution is 2.12. The van der Waals surface area contributed by atoms with E-state index in [0.717, 1.165) is 37.7 Å². The van der Waals surface area contributed by atoms with Crippen LogP contribution in [0.2, 0.25) is 0 Å². The molecule has 0 radical (unpaired) electrons. The molecule has 1 amide bonds. The zero-order valence-electron chi connectivity index (χ0n) is 14.4. The molecule has 0 spiro atoms. The van der Waals surface area contributed by atoms with E-state index in [9.17, 15) is 4.79 Å². The molecule has 0 aliphatic heterocycles. The van der Waals surface area contributed by atoms with Crippen LogP contribution >= 0.6 is 36.2 Å². The molecule has 136 valence electrons. The Morgan fingerprint density at radius 2 is 1.87 bits per heavy atom. The van der Waals surface area contributed by atoms with Crippen LogP contribution in [0.15, 0.2) is 5.38 Å². The molecule has 1 heterocycles. The molecule has 23 heavy (non-hydrogen) atoms. The average Bonchev–Trinajstić information content (AvgIpc) is 2.94. The summed E-state index contributed by atoms with van der Waals surface area (Å²) in [6.45, 7) is 13.4. The van der Waals surface area contributed by atoms with Gasteiger partial charge in [-0.05, 0) is 19.0 Å². The number of thiazole rings is 1. The monoisotopic (exact) mass is 384 g/mol. The van der Waals surface area contributed by atoms with Gasteiger partial charge in [-0.15, -0.1) is 36.2 Å². The molecule has 2 N–H and O–H groups in total. The number of amides is 1. The lowest BCUT2D eigenvalue weighted by Gasteiger charge is -2.27. The van der Waals surface area contributed by atoms with Crippen LogP contribution in [0.5, 0.6) is 0 Å². The van der Waals surface area contributed by atoms with E-state index in [1.54, 1.807) is 0 Å². The summed E-state index contributed by atoms with van der Waals surface area (Å²) in [6, 6.07) is 0. The van der Waals surface area contributed by atoms with E-state index in [0.29, 0.717) is 18.2 Å². The minimum absolute atomic E-state index is 0. The Kier molecular flexibility index (Phi) is 14.0. The van der Waals surface area contributed by atoms with Gasteiger partial charge < -0.3 is 15.5 Å². The summed E-state index contributed by atoms with van der Waals surface area (Å²) < 4.78 is 0. The minimum Gasteiger partial charge on any atom is -0.336 e. The van der Waals surface area contributed by atoms with Gasteiger partial charge in [0.2, 0.25) is 0 Å². The first-order valence-electron chi connectivity index (χ1n) is 7.67. The lowest BCUT2D eigenvalue weighted by molar-refractivity contribution is 0.0711. The lowest BCUT2D eigenvalue weighted by Crippen LogP contribution is -2.40. The zero-order chi connectivity index (χ0) is 15.8. The standard InChI is InChI=1S/C15H28N4OS.2ClH/c1-5-18(6-2)7-8-19(10-12(3)4)15(20)13-11-21-14(9-16)17-13;;/h11-12H,5-10,16H2,1-4H3;2*1H. The number of hydrogen-bond donors (Lipinski definition) is 1. The molecule has 0 aliphatic rings. The number of hydrogen-bond acceptors (Lipinski definition) is 5. The summed E-state index contributed by atoms with van der Waals surface area (Å²) in [4.78, 5) is 21.2. The van der Waals surface area contributed by atoms with Crippen molar-refractivity contribution in [2.75, 3.05) is 32.7 Å². The zero-order valence-corrected chi connectivity index (χ0v) is 16.9. The molecule has 1 aromatic rings. The van der Waals surface area contributed by atoms with Crippen LogP contribution in [0, 0.1) is 5.92 Å². The topological polar surface area (TPSA) is 62.5 Å². The lowest BCUT2D eigenvalue weighted by atomic mass is 10.2. The third kappa shape index (κ3) is 8.31. The average molecular weight is 385 g/mol. The van der Waals surface area contributed by atoms with E-state index in [4.69, 9.17) is 5.73 Å². The number of carbonyl (C=O) groups is 1. The Hall–Kier alpha value is -0.400. The molecule has 5 nitrogen and oxygen atoms in total. The molecule has 0 aromatic carbocycles. The van der Waals surface area contributed by atoms with Crippen molar-refractivity contribution in [1.82, 2.24) is 14.8 Å². The van der Waals surface area contributed by atoms with E-state index >= 15 is 0 Å². The molecule has 8 heteroatoms. The van der Waals surface area contributed by atoms with Gasteiger partial charge in [-0.1, -0.05) is 27.7 Å². The number of carbonyl (C=O) groups excluding carboxylic acids is 1. The molecule has 0 unspecified atom stereocenters. The van der Waals surface area contributed by atoms with E-state index in [1.165, 1.54) is 11.3 Å². The number of nitrogens with zero attached hydrogens (tertiary/aromatic N) is 3. The first kappa shape index (κ1) is 24.8. The molecular formula is C15H30Cl2N4OS. The summed E-state index contributed by atoms with van der Waals surface area (Å²) in [7, 11) is 0. The summed E-state index contributed by atoms with van der Waals surface area (Å²) in [5.74, 6) is 0.463. The summed E-state index contributed by atoms with van der Waals surface area (Å²) in [6.07, 6.45) is 0. The molecule has 0 fully saturated rings. The maximum absolute atomic E-state index is 12.6. The fraction of sp³-hybridized carbons (Fsp3) is 0.733. The highest BCUT2D eigenvalue weighted by molar-refractivity contribution is 7.09. The Morgan fingerprint density at radius 3 is 2.30 bits per heavy atom. The van der Waals surface area contributed by atoms with E-state index in [1.807, 2.05) is 10.3 Å². The molecular weight excluding hydrogens is 355 g/mol. The van der Waals surface area contributed by atoms with Crippen LogP contribution in [0.4, 0.5) is 0 Å². The fourth-order valence-corrected chi connectivity index (χ4v) is 2.83. The minimum atomic E-state index is 0. The maximum atomic E-state index is 12.6. The largest absolute Gasteiger partial charge is 0.336 e. The van der Waals surface area contributed by atoms with Crippen molar-refractivity contribution < 1.29 is 4.79 Å². The van der Waals surface area contributed by atoms with E-state index in [-0.39, 0.29) is 30.7 Å². The quantitative estimate of drug-likeness (QED) is 0.710. The normalized spacial score (nSPS) is 10.4. The number of halogens is 2. The van der Waals surface area contributed by atoms with Crippen LogP contribution in [0.3, 0.4) is 0 Å². The molecule has 1 aromatic heterocycles. The van der Waals surface area contributed by atoms with Gasteiger partial charge in [-0.25, -0.2) is 4.98 Å². The molecule has 1 rings (SSSR count). The predicted octanol–water partition coefficient (Wildman–Crippen LogP) is 2.89. The van der Waals surface area contributed by atoms with Gasteiger partial charge in [0.1, 0.15) is 10.7 Å². The first-order chi connectivity index (χ1) is 10.0. The van der Waals surface area contributed by atoms with Crippen LogP contribution in [-0.2, 0) is 6.54 Å². The van der Waals surface area contributed by atoms with Gasteiger partial charge in [0.05, 0.1) is 0 Å². The van der Waals surface area contributed by atoms with Crippen LogP contribution in [0.1, 0.15) is 43.2 Å². The van der Waals surface area contributed by atoms with Crippen LogP contribution in [0.25, 0.3) is 0 Å². The van der Waals surface area contributed by atoms with Crippen molar-refractivity contribution in [2.24, 2.45) is 11.7 Å². The summed E-state index contributed by atoms with van der Waals surface area (Å²) >= 11 is 1.45. The highest BCUT2D eigenvalue weighted by Gasteiger charge is 2.20. The predicted molar refractivity (Wildman–Crippen MR) is 103 cm³/mol. The molecule has 0 aliphatic carbocycles. The SMILES string of the molecule is CCN(CC)CCN(CC(C)C)C(=O)c1csc(CN)n1.Cl.Cl. The summed E-state index contributed by atoms with van der Waals surface area (Å²) in [5, 5.41) is 2.63. The van der Waals surface area contributed by atoms with Gasteiger partial charge in [0.25, 0.3) is 5.91 Å². The van der Waals surface area contributed by atoms with Crippen molar-refractivity contribution in [2.45, 2.75) is 34.2 Å². The van der Waals surface area contributed by atoms with Crippen LogP contribution < -0.4 is 5.73 Å². The summed E-state index contributed by atoms with van der Waals surface area (Å²) in [5.41, 5.74) is 6.10. The number of aromatic nitrogens is 1. The second-order valence-electron chi connectivity index (χ2n) is 5.50. The van der Waals surface area contributed by atoms with Crippen molar-refractivity contribution >= 4 is 42.1 Å². The Labute approximate surface area is 156 Å². The van der Waals surface area contributed by atoms with Gasteiger partial charge in [-0.2, -0.15) is 0 Å². The van der Waals surface area contributed by atoms with Crippen molar-refractivity contribution in [3.8, 4) is 0 Å².